The first-order valence-corrected chi connectivity index (χ1v) is 17.7. The molecule has 1 aromatic carbocycles. The number of halogens is 2. The van der Waals surface area contributed by atoms with Gasteiger partial charge in [-0.1, -0.05) is 26.8 Å². The van der Waals surface area contributed by atoms with E-state index < -0.39 is 30.8 Å². The van der Waals surface area contributed by atoms with Gasteiger partial charge in [0, 0.05) is 30.3 Å². The molecule has 0 bridgehead atoms. The maximum absolute atomic E-state index is 13.9. The number of alkyl halides is 2. The minimum atomic E-state index is -5.67. The average Bonchev–Trinajstić information content (AvgIpc) is 3.71. The van der Waals surface area contributed by atoms with Crippen LogP contribution in [-0.4, -0.2) is 95.5 Å². The van der Waals surface area contributed by atoms with Crippen LogP contribution in [0.1, 0.15) is 68.6 Å². The van der Waals surface area contributed by atoms with Crippen LogP contribution in [0.25, 0.3) is 15.4 Å². The second-order valence-electron chi connectivity index (χ2n) is 12.9. The summed E-state index contributed by atoms with van der Waals surface area (Å²) in [5.74, 6) is 0.277. The molecule has 2 aromatic rings. The Labute approximate surface area is 329 Å². The van der Waals surface area contributed by atoms with Gasteiger partial charge >= 0.3 is 64.6 Å². The fourth-order valence-electron chi connectivity index (χ4n) is 5.34. The average molecular weight is 743 g/mol. The number of amides is 2. The Balaban J connectivity index is 0.000000901. The number of hydrogen-bond donors (Lipinski definition) is 3. The Bertz CT molecular complexity index is 1380. The van der Waals surface area contributed by atoms with Gasteiger partial charge in [-0.3, -0.25) is 14.2 Å². The molecule has 4 N–H and O–H groups in total. The molecule has 3 aliphatic rings. The molecular formula is C32H50F2KN4O7PS-2. The van der Waals surface area contributed by atoms with Crippen LogP contribution in [0.5, 0.6) is 0 Å². The molecule has 48 heavy (non-hydrogen) atoms. The Hall–Kier alpha value is -0.684. The Morgan fingerprint density at radius 2 is 1.75 bits per heavy atom. The quantitative estimate of drug-likeness (QED) is 0.161. The maximum atomic E-state index is 13.9. The minimum absolute atomic E-state index is 0. The van der Waals surface area contributed by atoms with Crippen molar-refractivity contribution in [2.24, 2.45) is 17.3 Å². The van der Waals surface area contributed by atoms with Crippen molar-refractivity contribution >= 4 is 47.1 Å². The van der Waals surface area contributed by atoms with Crippen molar-refractivity contribution in [3.63, 3.8) is 0 Å². The third kappa shape index (κ3) is 12.8. The van der Waals surface area contributed by atoms with Crippen LogP contribution in [-0.2, 0) is 19.8 Å². The summed E-state index contributed by atoms with van der Waals surface area (Å²) in [6, 6.07) is 3.87. The number of carbonyl (C=O) groups excluding carboxylic acids is 3. The van der Waals surface area contributed by atoms with Crippen LogP contribution in [0.15, 0.2) is 24.3 Å². The Morgan fingerprint density at radius 1 is 1.15 bits per heavy atom. The largest absolute Gasteiger partial charge is 1.00 e. The van der Waals surface area contributed by atoms with E-state index in [1.807, 2.05) is 25.7 Å². The van der Waals surface area contributed by atoms with Gasteiger partial charge in [-0.05, 0) is 86.7 Å². The van der Waals surface area contributed by atoms with E-state index in [2.05, 4.69) is 22.6 Å². The summed E-state index contributed by atoms with van der Waals surface area (Å²) in [6.07, 6.45) is 5.14. The monoisotopic (exact) mass is 742 g/mol. The van der Waals surface area contributed by atoms with Crippen LogP contribution in [0.3, 0.4) is 0 Å². The van der Waals surface area contributed by atoms with Crippen molar-refractivity contribution in [1.82, 2.24) is 15.1 Å². The van der Waals surface area contributed by atoms with Crippen molar-refractivity contribution < 1.29 is 94.4 Å². The van der Waals surface area contributed by atoms with E-state index in [0.717, 1.165) is 56.1 Å². The number of fused-ring (bicyclic) bond motifs is 1. The number of thiophene rings is 1. The molecule has 0 radical (unpaired) electrons. The molecule has 3 aliphatic heterocycles. The van der Waals surface area contributed by atoms with Crippen molar-refractivity contribution in [2.75, 3.05) is 46.3 Å². The van der Waals surface area contributed by atoms with Crippen LogP contribution < -0.4 is 56.7 Å². The topological polar surface area (TPSA) is 171 Å². The van der Waals surface area contributed by atoms with Crippen LogP contribution in [0, 0.1) is 24.7 Å². The number of likely N-dealkylation sites (tertiary alicyclic amines) is 2. The molecule has 2 amide bonds. The minimum Gasteiger partial charge on any atom is -0.870 e. The zero-order valence-electron chi connectivity index (χ0n) is 29.1. The molecule has 1 aromatic heterocycles. The first kappa shape index (κ1) is 47.3. The van der Waals surface area contributed by atoms with Gasteiger partial charge in [-0.25, -0.2) is 0 Å². The van der Waals surface area contributed by atoms with E-state index in [9.17, 15) is 27.7 Å². The van der Waals surface area contributed by atoms with Gasteiger partial charge in [-0.2, -0.15) is 8.78 Å². The second kappa shape index (κ2) is 20.4. The van der Waals surface area contributed by atoms with Crippen LogP contribution in [0.4, 0.5) is 8.78 Å². The smallest absolute Gasteiger partial charge is 0.870 e. The van der Waals surface area contributed by atoms with Crippen LogP contribution in [0.2, 0.25) is 0 Å². The molecule has 0 saturated carbocycles. The second-order valence-corrected chi connectivity index (χ2v) is 15.6. The van der Waals surface area contributed by atoms with Crippen LogP contribution >= 0.6 is 18.9 Å². The molecule has 3 fully saturated rings. The summed E-state index contributed by atoms with van der Waals surface area (Å²) in [7, 11) is -3.50. The van der Waals surface area contributed by atoms with Gasteiger partial charge < -0.3 is 47.9 Å². The van der Waals surface area contributed by atoms with E-state index in [1.165, 1.54) is 38.1 Å². The molecule has 1 spiro atoms. The van der Waals surface area contributed by atoms with Gasteiger partial charge in [-0.15, -0.1) is 24.4 Å². The van der Waals surface area contributed by atoms with E-state index in [4.69, 9.17) is 9.79 Å². The molecule has 4 heterocycles. The SMILES string of the molecule is CC(=O)N1CCC2(C[N-]C2)C1.CC(C)[C@@H](C)C[C@@H](C=O)NC(=O)c1cc2cc(C(F)(F)P(=O)(O)O)ccc2s1.CN1CCCC1.[CH3-].[K+].[OH-]. The molecule has 268 valence electrons. The van der Waals surface area contributed by atoms with Crippen molar-refractivity contribution in [3.8, 4) is 0 Å². The molecule has 11 nitrogen and oxygen atoms in total. The summed E-state index contributed by atoms with van der Waals surface area (Å²) < 4.78 is 39.3. The summed E-state index contributed by atoms with van der Waals surface area (Å²) >= 11 is 1.04. The molecular weight excluding hydrogens is 693 g/mol. The molecule has 16 heteroatoms. The van der Waals surface area contributed by atoms with Gasteiger partial charge in [0.1, 0.15) is 6.29 Å². The van der Waals surface area contributed by atoms with Gasteiger partial charge in [0.15, 0.2) is 0 Å². The number of aldehydes is 1. The number of benzene rings is 1. The summed E-state index contributed by atoms with van der Waals surface area (Å²) in [6.45, 7) is 14.2. The number of carbonyl (C=O) groups is 3. The molecule has 3 saturated heterocycles. The van der Waals surface area contributed by atoms with E-state index in [1.54, 1.807) is 6.92 Å². The number of nitrogens with one attached hydrogen (secondary N) is 1. The normalized spacial score (nSPS) is 18.1. The van der Waals surface area contributed by atoms with Gasteiger partial charge in [0.05, 0.1) is 10.9 Å². The summed E-state index contributed by atoms with van der Waals surface area (Å²) in [4.78, 5) is 57.0. The van der Waals surface area contributed by atoms with Gasteiger partial charge in [0.2, 0.25) is 5.91 Å². The third-order valence-electron chi connectivity index (χ3n) is 8.81. The van der Waals surface area contributed by atoms with E-state index >= 15 is 0 Å². The van der Waals surface area contributed by atoms with Crippen molar-refractivity contribution in [2.45, 2.75) is 65.1 Å². The Morgan fingerprint density at radius 3 is 2.15 bits per heavy atom. The number of nitrogens with zero attached hydrogens (tertiary/aromatic N) is 3. The fraction of sp³-hybridized carbons (Fsp3) is 0.625. The van der Waals surface area contributed by atoms with Crippen molar-refractivity contribution in [1.29, 1.82) is 0 Å². The zero-order valence-corrected chi connectivity index (χ0v) is 34.0. The number of hydrogen-bond acceptors (Lipinski definition) is 7. The molecule has 0 unspecified atom stereocenters. The fourth-order valence-corrected chi connectivity index (χ4v) is 6.76. The standard InChI is InChI=1S/C18H22F2NO5PS.C8H13N2O.C5H11N.CH3.K.H2O/c1-10(2)11(3)6-14(9-22)21-17(23)16-8-12-7-13(4-5-15(12)28-16)18(19,20)27(24,25)26;1-7(11)10-3-2-8(6-10)4-9-5-8;1-6-4-2-3-5-6;;;/h4-5,7-11,14H,6H2,1-3H3,(H,21,23)(H2,24,25,26);2-6H2,1H3;2-5H2,1H3;1H3;;1H2/q;-1;;-1;+1;/p-1/t11-,14-;;;;;/m0...../s1. The predicted molar refractivity (Wildman–Crippen MR) is 181 cm³/mol. The molecule has 2 atom stereocenters. The Kier molecular flexibility index (Phi) is 20.1. The maximum Gasteiger partial charge on any atom is 1.00 e. The van der Waals surface area contributed by atoms with E-state index in [0.29, 0.717) is 28.7 Å². The molecule has 5 rings (SSSR count). The van der Waals surface area contributed by atoms with E-state index in [-0.39, 0.29) is 86.4 Å². The zero-order chi connectivity index (χ0) is 33.6. The first-order valence-electron chi connectivity index (χ1n) is 15.3. The van der Waals surface area contributed by atoms with Crippen molar-refractivity contribution in [3.05, 3.63) is 47.4 Å². The summed E-state index contributed by atoms with van der Waals surface area (Å²) in [5, 5.41) is 7.10. The number of rotatable bonds is 8. The molecule has 0 aliphatic carbocycles. The van der Waals surface area contributed by atoms with Gasteiger partial charge in [0.25, 0.3) is 5.91 Å². The predicted octanol–water partition coefficient (Wildman–Crippen LogP) is 2.71. The summed E-state index contributed by atoms with van der Waals surface area (Å²) in [5.41, 5.74) is -4.73. The third-order valence-corrected chi connectivity index (χ3v) is 10.9. The first-order chi connectivity index (χ1) is 21.0.